The van der Waals surface area contributed by atoms with Crippen molar-refractivity contribution < 1.29 is 9.53 Å². The number of aromatic nitrogens is 2. The van der Waals surface area contributed by atoms with Crippen LogP contribution in [0.3, 0.4) is 0 Å². The van der Waals surface area contributed by atoms with E-state index in [1.807, 2.05) is 40.7 Å². The standard InChI is InChI=1S/C16H26N4O2/c1-11-9-12(2)18-14(17-11)20-8-6-7-13(10-20)19-15(21)22-16(3,4)5/h9,13H,6-8,10H2,1-5H3,(H,19,21)/t13-/m1/s1. The van der Waals surface area contributed by atoms with Gasteiger partial charge < -0.3 is 15.0 Å². The van der Waals surface area contributed by atoms with Gasteiger partial charge in [0, 0.05) is 30.5 Å². The van der Waals surface area contributed by atoms with Crippen molar-refractivity contribution in [3.8, 4) is 0 Å². The van der Waals surface area contributed by atoms with E-state index in [9.17, 15) is 4.79 Å². The van der Waals surface area contributed by atoms with E-state index in [1.165, 1.54) is 0 Å². The number of hydrogen-bond donors (Lipinski definition) is 1. The van der Waals surface area contributed by atoms with Crippen LogP contribution in [0.1, 0.15) is 45.0 Å². The number of aryl methyl sites for hydroxylation is 2. The van der Waals surface area contributed by atoms with Crippen molar-refractivity contribution in [2.45, 2.75) is 59.1 Å². The molecule has 0 saturated carbocycles. The summed E-state index contributed by atoms with van der Waals surface area (Å²) in [6, 6.07) is 2.03. The van der Waals surface area contributed by atoms with Gasteiger partial charge in [0.1, 0.15) is 5.60 Å². The molecule has 1 aromatic rings. The fraction of sp³-hybridized carbons (Fsp3) is 0.688. The number of alkyl carbamates (subject to hydrolysis) is 1. The van der Waals surface area contributed by atoms with E-state index in [2.05, 4.69) is 20.2 Å². The van der Waals surface area contributed by atoms with Crippen LogP contribution in [0.5, 0.6) is 0 Å². The largest absolute Gasteiger partial charge is 0.444 e. The lowest BCUT2D eigenvalue weighted by molar-refractivity contribution is 0.0500. The molecule has 1 amide bonds. The van der Waals surface area contributed by atoms with Gasteiger partial charge in [0.05, 0.1) is 0 Å². The van der Waals surface area contributed by atoms with Crippen LogP contribution in [0.2, 0.25) is 0 Å². The average molecular weight is 306 g/mol. The maximum absolute atomic E-state index is 11.9. The van der Waals surface area contributed by atoms with Crippen LogP contribution in [0.4, 0.5) is 10.7 Å². The van der Waals surface area contributed by atoms with Crippen molar-refractivity contribution in [3.05, 3.63) is 17.5 Å². The molecule has 122 valence electrons. The number of piperidine rings is 1. The molecule has 1 fully saturated rings. The van der Waals surface area contributed by atoms with Gasteiger partial charge in [0.2, 0.25) is 5.95 Å². The number of carbonyl (C=O) groups excluding carboxylic acids is 1. The van der Waals surface area contributed by atoms with E-state index in [0.29, 0.717) is 6.54 Å². The molecule has 22 heavy (non-hydrogen) atoms. The molecule has 0 radical (unpaired) electrons. The zero-order chi connectivity index (χ0) is 16.3. The number of nitrogens with zero attached hydrogens (tertiary/aromatic N) is 3. The quantitative estimate of drug-likeness (QED) is 0.909. The first-order chi connectivity index (χ1) is 10.2. The summed E-state index contributed by atoms with van der Waals surface area (Å²) in [4.78, 5) is 23.0. The predicted molar refractivity (Wildman–Crippen MR) is 86.1 cm³/mol. The molecule has 6 heteroatoms. The van der Waals surface area contributed by atoms with Gasteiger partial charge in [0.15, 0.2) is 0 Å². The molecule has 0 aliphatic carbocycles. The minimum absolute atomic E-state index is 0.0630. The first-order valence-electron chi connectivity index (χ1n) is 7.80. The van der Waals surface area contributed by atoms with Gasteiger partial charge in [-0.05, 0) is 53.5 Å². The lowest BCUT2D eigenvalue weighted by atomic mass is 10.1. The topological polar surface area (TPSA) is 67.4 Å². The highest BCUT2D eigenvalue weighted by molar-refractivity contribution is 5.68. The zero-order valence-corrected chi connectivity index (χ0v) is 14.1. The van der Waals surface area contributed by atoms with Crippen LogP contribution in [0.25, 0.3) is 0 Å². The van der Waals surface area contributed by atoms with Crippen molar-refractivity contribution in [2.24, 2.45) is 0 Å². The first kappa shape index (κ1) is 16.5. The molecule has 1 N–H and O–H groups in total. The number of anilines is 1. The fourth-order valence-corrected chi connectivity index (χ4v) is 2.60. The van der Waals surface area contributed by atoms with Crippen molar-refractivity contribution in [1.82, 2.24) is 15.3 Å². The van der Waals surface area contributed by atoms with Gasteiger partial charge in [-0.2, -0.15) is 0 Å². The van der Waals surface area contributed by atoms with Gasteiger partial charge >= 0.3 is 6.09 Å². The number of nitrogens with one attached hydrogen (secondary N) is 1. The van der Waals surface area contributed by atoms with Crippen LogP contribution in [-0.2, 0) is 4.74 Å². The molecule has 2 heterocycles. The summed E-state index contributed by atoms with van der Waals surface area (Å²) in [6.07, 6.45) is 1.58. The molecule has 6 nitrogen and oxygen atoms in total. The molecule has 1 saturated heterocycles. The van der Waals surface area contributed by atoms with E-state index in [4.69, 9.17) is 4.74 Å². The molecule has 0 unspecified atom stereocenters. The van der Waals surface area contributed by atoms with Crippen molar-refractivity contribution in [2.75, 3.05) is 18.0 Å². The third kappa shape index (κ3) is 4.86. The molecule has 1 aliphatic heterocycles. The summed E-state index contributed by atoms with van der Waals surface area (Å²) < 4.78 is 5.32. The molecule has 0 aromatic carbocycles. The molecule has 0 spiro atoms. The monoisotopic (exact) mass is 306 g/mol. The summed E-state index contributed by atoms with van der Waals surface area (Å²) in [5, 5.41) is 2.95. The highest BCUT2D eigenvalue weighted by atomic mass is 16.6. The average Bonchev–Trinajstić information content (AvgIpc) is 2.35. The Balaban J connectivity index is 1.98. The molecule has 0 bridgehead atoms. The normalized spacial score (nSPS) is 19.0. The zero-order valence-electron chi connectivity index (χ0n) is 14.1. The highest BCUT2D eigenvalue weighted by Crippen LogP contribution is 2.17. The van der Waals surface area contributed by atoms with Gasteiger partial charge in [-0.3, -0.25) is 0 Å². The second-order valence-corrected chi connectivity index (χ2v) is 6.88. The van der Waals surface area contributed by atoms with Gasteiger partial charge in [0.25, 0.3) is 0 Å². The van der Waals surface area contributed by atoms with Crippen molar-refractivity contribution in [1.29, 1.82) is 0 Å². The Kier molecular flexibility index (Phi) is 4.88. The summed E-state index contributed by atoms with van der Waals surface area (Å²) >= 11 is 0. The molecule has 1 aliphatic rings. The Morgan fingerprint density at radius 3 is 2.55 bits per heavy atom. The predicted octanol–water partition coefficient (Wildman–Crippen LogP) is 2.59. The minimum atomic E-state index is -0.477. The number of ether oxygens (including phenoxy) is 1. The first-order valence-corrected chi connectivity index (χ1v) is 7.80. The van der Waals surface area contributed by atoms with E-state index in [0.717, 1.165) is 36.7 Å². The smallest absolute Gasteiger partial charge is 0.407 e. The lowest BCUT2D eigenvalue weighted by Crippen LogP contribution is -2.49. The van der Waals surface area contributed by atoms with Crippen LogP contribution in [0.15, 0.2) is 6.07 Å². The number of carbonyl (C=O) groups is 1. The van der Waals surface area contributed by atoms with E-state index < -0.39 is 5.60 Å². The summed E-state index contributed by atoms with van der Waals surface area (Å²) in [6.45, 7) is 11.2. The summed E-state index contributed by atoms with van der Waals surface area (Å²) in [5.41, 5.74) is 1.45. The molecule has 1 atom stereocenters. The van der Waals surface area contributed by atoms with Crippen molar-refractivity contribution in [3.63, 3.8) is 0 Å². The summed E-state index contributed by atoms with van der Waals surface area (Å²) in [7, 11) is 0. The minimum Gasteiger partial charge on any atom is -0.444 e. The third-order valence-corrected chi connectivity index (χ3v) is 3.40. The number of rotatable bonds is 2. The Morgan fingerprint density at radius 1 is 1.32 bits per heavy atom. The van der Waals surface area contributed by atoms with Crippen molar-refractivity contribution >= 4 is 12.0 Å². The molecule has 2 rings (SSSR count). The fourth-order valence-electron chi connectivity index (χ4n) is 2.60. The van der Waals surface area contributed by atoms with Gasteiger partial charge in [-0.15, -0.1) is 0 Å². The number of amides is 1. The van der Waals surface area contributed by atoms with Gasteiger partial charge in [-0.1, -0.05) is 0 Å². The van der Waals surface area contributed by atoms with Crippen LogP contribution in [-0.4, -0.2) is 40.8 Å². The Bertz CT molecular complexity index is 519. The Labute approximate surface area is 132 Å². The Hall–Kier alpha value is -1.85. The highest BCUT2D eigenvalue weighted by Gasteiger charge is 2.25. The molecular formula is C16H26N4O2. The maximum Gasteiger partial charge on any atom is 0.407 e. The lowest BCUT2D eigenvalue weighted by Gasteiger charge is -2.33. The molecule has 1 aromatic heterocycles. The SMILES string of the molecule is Cc1cc(C)nc(N2CCC[C@@H](NC(=O)OC(C)(C)C)C2)n1. The Morgan fingerprint density at radius 2 is 1.95 bits per heavy atom. The second kappa shape index (κ2) is 6.50. The van der Waals surface area contributed by atoms with Crippen LogP contribution < -0.4 is 10.2 Å². The molecular weight excluding hydrogens is 280 g/mol. The van der Waals surface area contributed by atoms with E-state index in [-0.39, 0.29) is 12.1 Å². The third-order valence-electron chi connectivity index (χ3n) is 3.40. The van der Waals surface area contributed by atoms with Gasteiger partial charge in [-0.25, -0.2) is 14.8 Å². The number of hydrogen-bond acceptors (Lipinski definition) is 5. The maximum atomic E-state index is 11.9. The van der Waals surface area contributed by atoms with Crippen LogP contribution >= 0.6 is 0 Å². The second-order valence-electron chi connectivity index (χ2n) is 6.88. The summed E-state index contributed by atoms with van der Waals surface area (Å²) in [5.74, 6) is 0.744. The van der Waals surface area contributed by atoms with Crippen LogP contribution in [0, 0.1) is 13.8 Å². The van der Waals surface area contributed by atoms with E-state index in [1.54, 1.807) is 0 Å². The van der Waals surface area contributed by atoms with E-state index >= 15 is 0 Å².